The standard InChI is InChI=1S/C9H15N3/c10-4-9-5-11-7-12(9)6-8-2-1-3-8/h5,7-8H,1-4,6,10H2. The average Bonchev–Trinajstić information content (AvgIpc) is 2.43. The zero-order chi connectivity index (χ0) is 8.39. The number of aromatic nitrogens is 2. The summed E-state index contributed by atoms with van der Waals surface area (Å²) in [5.41, 5.74) is 6.72. The van der Waals surface area contributed by atoms with Crippen molar-refractivity contribution >= 4 is 0 Å². The molecule has 1 saturated carbocycles. The van der Waals surface area contributed by atoms with Gasteiger partial charge in [0.05, 0.1) is 12.0 Å². The number of hydrogen-bond donors (Lipinski definition) is 1. The Bertz CT molecular complexity index is 250. The Morgan fingerprint density at radius 3 is 3.00 bits per heavy atom. The Labute approximate surface area is 72.6 Å². The van der Waals surface area contributed by atoms with Crippen molar-refractivity contribution in [3.8, 4) is 0 Å². The van der Waals surface area contributed by atoms with Gasteiger partial charge >= 0.3 is 0 Å². The SMILES string of the molecule is NCc1cncn1CC1CCC1. The van der Waals surface area contributed by atoms with Crippen LogP contribution < -0.4 is 5.73 Å². The Morgan fingerprint density at radius 1 is 1.58 bits per heavy atom. The van der Waals surface area contributed by atoms with Gasteiger partial charge in [-0.1, -0.05) is 6.42 Å². The molecule has 3 nitrogen and oxygen atoms in total. The van der Waals surface area contributed by atoms with Crippen molar-refractivity contribution in [3.63, 3.8) is 0 Å². The number of nitrogens with zero attached hydrogens (tertiary/aromatic N) is 2. The summed E-state index contributed by atoms with van der Waals surface area (Å²) in [6.07, 6.45) is 7.90. The first-order valence-electron chi connectivity index (χ1n) is 4.59. The van der Waals surface area contributed by atoms with E-state index >= 15 is 0 Å². The van der Waals surface area contributed by atoms with Crippen LogP contribution in [-0.4, -0.2) is 9.55 Å². The van der Waals surface area contributed by atoms with Gasteiger partial charge in [-0.2, -0.15) is 0 Å². The molecule has 0 aromatic carbocycles. The van der Waals surface area contributed by atoms with E-state index < -0.39 is 0 Å². The highest BCUT2D eigenvalue weighted by atomic mass is 15.1. The van der Waals surface area contributed by atoms with E-state index in [0.29, 0.717) is 6.54 Å². The Kier molecular flexibility index (Phi) is 2.13. The molecule has 0 radical (unpaired) electrons. The predicted octanol–water partition coefficient (Wildman–Crippen LogP) is 1.14. The average molecular weight is 165 g/mol. The van der Waals surface area contributed by atoms with Crippen molar-refractivity contribution in [2.75, 3.05) is 0 Å². The van der Waals surface area contributed by atoms with E-state index in [1.807, 2.05) is 12.5 Å². The molecule has 12 heavy (non-hydrogen) atoms. The summed E-state index contributed by atoms with van der Waals surface area (Å²) in [4.78, 5) is 4.09. The summed E-state index contributed by atoms with van der Waals surface area (Å²) in [6, 6.07) is 0. The lowest BCUT2D eigenvalue weighted by atomic mass is 9.85. The third-order valence-corrected chi connectivity index (χ3v) is 2.69. The van der Waals surface area contributed by atoms with Crippen LogP contribution in [0, 0.1) is 5.92 Å². The maximum absolute atomic E-state index is 5.57. The molecule has 0 unspecified atom stereocenters. The predicted molar refractivity (Wildman–Crippen MR) is 47.5 cm³/mol. The van der Waals surface area contributed by atoms with Crippen LogP contribution in [0.25, 0.3) is 0 Å². The first kappa shape index (κ1) is 7.80. The van der Waals surface area contributed by atoms with Crippen LogP contribution in [0.1, 0.15) is 25.0 Å². The molecule has 1 aromatic heterocycles. The minimum atomic E-state index is 0.604. The van der Waals surface area contributed by atoms with Crippen molar-refractivity contribution in [2.45, 2.75) is 32.4 Å². The highest BCUT2D eigenvalue weighted by Crippen LogP contribution is 2.27. The maximum Gasteiger partial charge on any atom is 0.0948 e. The summed E-state index contributed by atoms with van der Waals surface area (Å²) in [5.74, 6) is 0.879. The molecule has 3 heteroatoms. The molecule has 1 fully saturated rings. The summed E-state index contributed by atoms with van der Waals surface area (Å²) in [7, 11) is 0. The molecule has 0 aliphatic heterocycles. The molecule has 0 amide bonds. The van der Waals surface area contributed by atoms with Gasteiger partial charge in [0, 0.05) is 19.3 Å². The van der Waals surface area contributed by atoms with E-state index in [0.717, 1.165) is 18.2 Å². The van der Waals surface area contributed by atoms with Gasteiger partial charge in [0.15, 0.2) is 0 Å². The van der Waals surface area contributed by atoms with E-state index in [-0.39, 0.29) is 0 Å². The van der Waals surface area contributed by atoms with Gasteiger partial charge in [0.25, 0.3) is 0 Å². The second-order valence-electron chi connectivity index (χ2n) is 3.54. The van der Waals surface area contributed by atoms with Crippen molar-refractivity contribution < 1.29 is 0 Å². The van der Waals surface area contributed by atoms with Crippen LogP contribution in [0.15, 0.2) is 12.5 Å². The Morgan fingerprint density at radius 2 is 2.42 bits per heavy atom. The lowest BCUT2D eigenvalue weighted by Crippen LogP contribution is -2.19. The van der Waals surface area contributed by atoms with Gasteiger partial charge in [-0.05, 0) is 18.8 Å². The van der Waals surface area contributed by atoms with Crippen LogP contribution in [0.3, 0.4) is 0 Å². The fourth-order valence-electron chi connectivity index (χ4n) is 1.64. The van der Waals surface area contributed by atoms with Crippen molar-refractivity contribution in [1.29, 1.82) is 0 Å². The van der Waals surface area contributed by atoms with E-state index in [1.54, 1.807) is 0 Å². The summed E-state index contributed by atoms with van der Waals surface area (Å²) < 4.78 is 2.18. The molecule has 0 saturated heterocycles. The Balaban J connectivity index is 2.00. The van der Waals surface area contributed by atoms with Crippen LogP contribution in [-0.2, 0) is 13.1 Å². The molecule has 0 bridgehead atoms. The smallest absolute Gasteiger partial charge is 0.0948 e. The zero-order valence-electron chi connectivity index (χ0n) is 7.24. The third kappa shape index (κ3) is 1.37. The van der Waals surface area contributed by atoms with Gasteiger partial charge in [-0.15, -0.1) is 0 Å². The fourth-order valence-corrected chi connectivity index (χ4v) is 1.64. The highest BCUT2D eigenvalue weighted by Gasteiger charge is 2.18. The van der Waals surface area contributed by atoms with E-state index in [2.05, 4.69) is 9.55 Å². The first-order chi connectivity index (χ1) is 5.90. The van der Waals surface area contributed by atoms with Crippen LogP contribution in [0.2, 0.25) is 0 Å². The first-order valence-corrected chi connectivity index (χ1v) is 4.59. The van der Waals surface area contributed by atoms with E-state index in [4.69, 9.17) is 5.73 Å². The third-order valence-electron chi connectivity index (χ3n) is 2.69. The topological polar surface area (TPSA) is 43.8 Å². The molecule has 2 rings (SSSR count). The van der Waals surface area contributed by atoms with Crippen molar-refractivity contribution in [1.82, 2.24) is 9.55 Å². The lowest BCUT2D eigenvalue weighted by Gasteiger charge is -2.26. The molecular formula is C9H15N3. The number of hydrogen-bond acceptors (Lipinski definition) is 2. The fraction of sp³-hybridized carbons (Fsp3) is 0.667. The quantitative estimate of drug-likeness (QED) is 0.730. The molecule has 0 spiro atoms. The summed E-state index contributed by atoms with van der Waals surface area (Å²) >= 11 is 0. The van der Waals surface area contributed by atoms with Crippen LogP contribution in [0.4, 0.5) is 0 Å². The van der Waals surface area contributed by atoms with Gasteiger partial charge in [0.1, 0.15) is 0 Å². The van der Waals surface area contributed by atoms with Gasteiger partial charge in [-0.3, -0.25) is 0 Å². The summed E-state index contributed by atoms with van der Waals surface area (Å²) in [6.45, 7) is 1.72. The molecule has 1 aliphatic rings. The van der Waals surface area contributed by atoms with Crippen molar-refractivity contribution in [2.24, 2.45) is 11.7 Å². The number of nitrogens with two attached hydrogens (primary N) is 1. The van der Waals surface area contributed by atoms with Gasteiger partial charge < -0.3 is 10.3 Å². The van der Waals surface area contributed by atoms with E-state index in [9.17, 15) is 0 Å². The monoisotopic (exact) mass is 165 g/mol. The number of imidazole rings is 1. The van der Waals surface area contributed by atoms with Gasteiger partial charge in [-0.25, -0.2) is 4.98 Å². The van der Waals surface area contributed by atoms with Crippen LogP contribution >= 0.6 is 0 Å². The minimum absolute atomic E-state index is 0.604. The Hall–Kier alpha value is -0.830. The number of rotatable bonds is 3. The maximum atomic E-state index is 5.57. The molecule has 66 valence electrons. The van der Waals surface area contributed by atoms with E-state index in [1.165, 1.54) is 19.3 Å². The largest absolute Gasteiger partial charge is 0.333 e. The molecular weight excluding hydrogens is 150 g/mol. The van der Waals surface area contributed by atoms with Gasteiger partial charge in [0.2, 0.25) is 0 Å². The molecule has 1 heterocycles. The molecule has 1 aliphatic carbocycles. The molecule has 2 N–H and O–H groups in total. The van der Waals surface area contributed by atoms with Crippen LogP contribution in [0.5, 0.6) is 0 Å². The summed E-state index contributed by atoms with van der Waals surface area (Å²) in [5, 5.41) is 0. The normalized spacial score (nSPS) is 17.8. The lowest BCUT2D eigenvalue weighted by molar-refractivity contribution is 0.274. The second-order valence-corrected chi connectivity index (χ2v) is 3.54. The van der Waals surface area contributed by atoms with Crippen molar-refractivity contribution in [3.05, 3.63) is 18.2 Å². The zero-order valence-corrected chi connectivity index (χ0v) is 7.24. The highest BCUT2D eigenvalue weighted by molar-refractivity contribution is 4.97. The molecule has 1 aromatic rings. The minimum Gasteiger partial charge on any atom is -0.333 e. The molecule has 0 atom stereocenters. The second kappa shape index (κ2) is 3.27.